The van der Waals surface area contributed by atoms with Crippen molar-refractivity contribution in [3.05, 3.63) is 35.8 Å². The zero-order valence-corrected chi connectivity index (χ0v) is 11.9. The van der Waals surface area contributed by atoms with Gasteiger partial charge in [0.25, 0.3) is 0 Å². The van der Waals surface area contributed by atoms with Crippen LogP contribution in [0.2, 0.25) is 0 Å². The summed E-state index contributed by atoms with van der Waals surface area (Å²) in [6, 6.07) is 7.53. The van der Waals surface area contributed by atoms with Crippen LogP contribution in [0.25, 0.3) is 0 Å². The number of nitriles is 1. The first kappa shape index (κ1) is 13.9. The van der Waals surface area contributed by atoms with Crippen LogP contribution < -0.4 is 14.8 Å². The number of aromatic nitrogens is 2. The summed E-state index contributed by atoms with van der Waals surface area (Å²) < 4.78 is 10.9. The predicted molar refractivity (Wildman–Crippen MR) is 77.6 cm³/mol. The minimum atomic E-state index is -0.345. The minimum absolute atomic E-state index is 0.225. The number of carbonyl (C=O) groups excluding carboxylic acids is 1. The van der Waals surface area contributed by atoms with Crippen LogP contribution in [0.4, 0.5) is 5.82 Å². The third-order valence-corrected chi connectivity index (χ3v) is 3.54. The number of fused-ring (bicyclic) bond motifs is 1. The van der Waals surface area contributed by atoms with Crippen molar-refractivity contribution in [2.24, 2.45) is 5.92 Å². The maximum absolute atomic E-state index is 12.3. The molecule has 1 aromatic heterocycles. The average molecular weight is 298 g/mol. The Morgan fingerprint density at radius 1 is 1.59 bits per heavy atom. The van der Waals surface area contributed by atoms with Gasteiger partial charge in [0.15, 0.2) is 23.0 Å². The largest absolute Gasteiger partial charge is 0.493 e. The molecular weight excluding hydrogens is 284 g/mol. The van der Waals surface area contributed by atoms with Crippen LogP contribution in [0.15, 0.2) is 24.5 Å². The number of amides is 1. The highest BCUT2D eigenvalue weighted by atomic mass is 16.5. The Morgan fingerprint density at radius 3 is 3.23 bits per heavy atom. The van der Waals surface area contributed by atoms with Crippen molar-refractivity contribution in [1.82, 2.24) is 9.97 Å². The molecule has 22 heavy (non-hydrogen) atoms. The van der Waals surface area contributed by atoms with Crippen molar-refractivity contribution in [1.29, 1.82) is 5.26 Å². The van der Waals surface area contributed by atoms with Crippen LogP contribution in [0.1, 0.15) is 11.3 Å². The van der Waals surface area contributed by atoms with E-state index >= 15 is 0 Å². The number of ether oxygens (including phenoxy) is 2. The second-order valence-corrected chi connectivity index (χ2v) is 4.89. The monoisotopic (exact) mass is 298 g/mol. The Labute approximate surface area is 126 Å². The molecule has 1 amide bonds. The van der Waals surface area contributed by atoms with Crippen molar-refractivity contribution in [2.45, 2.75) is 6.42 Å². The van der Waals surface area contributed by atoms with E-state index in [1.54, 1.807) is 7.11 Å². The Balaban J connectivity index is 1.75. The number of nitrogens with zero attached hydrogens (tertiary/aromatic N) is 2. The fraction of sp³-hybridized carbons (Fsp3) is 0.267. The maximum Gasteiger partial charge on any atom is 0.232 e. The van der Waals surface area contributed by atoms with Crippen LogP contribution in [0.3, 0.4) is 0 Å². The van der Waals surface area contributed by atoms with E-state index < -0.39 is 0 Å². The normalized spacial score (nSPS) is 16.1. The smallest absolute Gasteiger partial charge is 0.232 e. The molecule has 1 aromatic carbocycles. The standard InChI is InChI=1S/C15H14N4O3/c1-21-12-4-2-3-9-5-10(7-22-13(9)12)15(20)19-14-11(6-16)17-8-18-14/h2-4,8,10H,5,7H2,1H3,(H,17,18)(H,19,20). The van der Waals surface area contributed by atoms with Gasteiger partial charge in [-0.2, -0.15) is 5.26 Å². The van der Waals surface area contributed by atoms with E-state index in [0.29, 0.717) is 17.9 Å². The van der Waals surface area contributed by atoms with Crippen LogP contribution in [-0.2, 0) is 11.2 Å². The van der Waals surface area contributed by atoms with Gasteiger partial charge in [-0.25, -0.2) is 4.98 Å². The molecule has 0 aliphatic carbocycles. The lowest BCUT2D eigenvalue weighted by Gasteiger charge is -2.25. The first-order valence-electron chi connectivity index (χ1n) is 6.76. The molecule has 0 radical (unpaired) electrons. The quantitative estimate of drug-likeness (QED) is 0.894. The molecule has 0 saturated carbocycles. The van der Waals surface area contributed by atoms with Crippen molar-refractivity contribution < 1.29 is 14.3 Å². The minimum Gasteiger partial charge on any atom is -0.493 e. The molecular formula is C15H14N4O3. The molecule has 7 nitrogen and oxygen atoms in total. The van der Waals surface area contributed by atoms with E-state index in [9.17, 15) is 4.79 Å². The molecule has 2 heterocycles. The summed E-state index contributed by atoms with van der Waals surface area (Å²) in [6.45, 7) is 0.255. The van der Waals surface area contributed by atoms with Gasteiger partial charge in [0.1, 0.15) is 12.7 Å². The number of hydrogen-bond acceptors (Lipinski definition) is 5. The Kier molecular flexibility index (Phi) is 3.66. The molecule has 0 saturated heterocycles. The fourth-order valence-corrected chi connectivity index (χ4v) is 2.42. The highest BCUT2D eigenvalue weighted by Gasteiger charge is 2.28. The summed E-state index contributed by atoms with van der Waals surface area (Å²) in [6.07, 6.45) is 1.91. The average Bonchev–Trinajstić information content (AvgIpc) is 3.00. The predicted octanol–water partition coefficient (Wildman–Crippen LogP) is 1.48. The van der Waals surface area contributed by atoms with Crippen LogP contribution in [0, 0.1) is 17.2 Å². The van der Waals surface area contributed by atoms with Crippen molar-refractivity contribution >= 4 is 11.7 Å². The van der Waals surface area contributed by atoms with Crippen molar-refractivity contribution in [2.75, 3.05) is 19.0 Å². The van der Waals surface area contributed by atoms with Gasteiger partial charge in [0.2, 0.25) is 5.91 Å². The molecule has 1 unspecified atom stereocenters. The molecule has 2 N–H and O–H groups in total. The topological polar surface area (TPSA) is 100 Å². The highest BCUT2D eigenvalue weighted by Crippen LogP contribution is 2.36. The van der Waals surface area contributed by atoms with E-state index in [1.807, 2.05) is 24.3 Å². The summed E-state index contributed by atoms with van der Waals surface area (Å²) in [5, 5.41) is 11.6. The number of H-pyrrole nitrogens is 1. The number of aromatic amines is 1. The van der Waals surface area contributed by atoms with Crippen molar-refractivity contribution in [3.8, 4) is 17.6 Å². The second-order valence-electron chi connectivity index (χ2n) is 4.89. The highest BCUT2D eigenvalue weighted by molar-refractivity contribution is 5.93. The van der Waals surface area contributed by atoms with Crippen molar-refractivity contribution in [3.63, 3.8) is 0 Å². The maximum atomic E-state index is 12.3. The first-order valence-corrected chi connectivity index (χ1v) is 6.76. The van der Waals surface area contributed by atoms with E-state index in [2.05, 4.69) is 15.3 Å². The number of benzene rings is 1. The van der Waals surface area contributed by atoms with Gasteiger partial charge in [0, 0.05) is 0 Å². The number of imidazole rings is 1. The molecule has 112 valence electrons. The molecule has 7 heteroatoms. The first-order chi connectivity index (χ1) is 10.7. The van der Waals surface area contributed by atoms with Gasteiger partial charge < -0.3 is 19.8 Å². The van der Waals surface area contributed by atoms with Crippen LogP contribution >= 0.6 is 0 Å². The number of rotatable bonds is 3. The lowest BCUT2D eigenvalue weighted by atomic mass is 9.95. The fourth-order valence-electron chi connectivity index (χ4n) is 2.42. The van der Waals surface area contributed by atoms with Gasteiger partial charge >= 0.3 is 0 Å². The molecule has 1 aliphatic rings. The molecule has 3 rings (SSSR count). The van der Waals surface area contributed by atoms with E-state index in [0.717, 1.165) is 5.56 Å². The van der Waals surface area contributed by atoms with Gasteiger partial charge in [0.05, 0.1) is 19.4 Å². The lowest BCUT2D eigenvalue weighted by molar-refractivity contribution is -0.121. The Hall–Kier alpha value is -3.01. The van der Waals surface area contributed by atoms with Crippen LogP contribution in [-0.4, -0.2) is 29.6 Å². The van der Waals surface area contributed by atoms with Crippen LogP contribution in [0.5, 0.6) is 11.5 Å². The number of hydrogen-bond donors (Lipinski definition) is 2. The molecule has 2 aromatic rings. The molecule has 0 fully saturated rings. The zero-order chi connectivity index (χ0) is 15.5. The second kappa shape index (κ2) is 5.77. The lowest BCUT2D eigenvalue weighted by Crippen LogP contribution is -2.33. The molecule has 0 bridgehead atoms. The summed E-state index contributed by atoms with van der Waals surface area (Å²) in [5.41, 5.74) is 1.15. The van der Waals surface area contributed by atoms with Gasteiger partial charge in [-0.1, -0.05) is 12.1 Å². The summed E-state index contributed by atoms with van der Waals surface area (Å²) in [5.74, 6) is 1.02. The summed E-state index contributed by atoms with van der Waals surface area (Å²) >= 11 is 0. The zero-order valence-electron chi connectivity index (χ0n) is 11.9. The molecule has 0 spiro atoms. The molecule has 1 atom stereocenters. The van der Waals surface area contributed by atoms with E-state index in [4.69, 9.17) is 14.7 Å². The van der Waals surface area contributed by atoms with E-state index in [1.165, 1.54) is 6.33 Å². The van der Waals surface area contributed by atoms with E-state index in [-0.39, 0.29) is 29.9 Å². The summed E-state index contributed by atoms with van der Waals surface area (Å²) in [4.78, 5) is 18.9. The third kappa shape index (κ3) is 2.46. The number of para-hydroxylation sites is 1. The number of anilines is 1. The Morgan fingerprint density at radius 2 is 2.45 bits per heavy atom. The number of methoxy groups -OCH3 is 1. The SMILES string of the molecule is COc1cccc2c1OCC(C(=O)Nc1nc[nH]c1C#N)C2. The third-order valence-electron chi connectivity index (χ3n) is 3.54. The number of carbonyl (C=O) groups is 1. The summed E-state index contributed by atoms with van der Waals surface area (Å²) in [7, 11) is 1.58. The number of nitrogens with one attached hydrogen (secondary N) is 2. The van der Waals surface area contributed by atoms with Gasteiger partial charge in [-0.15, -0.1) is 0 Å². The molecule has 1 aliphatic heterocycles. The Bertz CT molecular complexity index is 747. The van der Waals surface area contributed by atoms with Gasteiger partial charge in [-0.05, 0) is 18.1 Å². The van der Waals surface area contributed by atoms with Gasteiger partial charge in [-0.3, -0.25) is 4.79 Å².